The van der Waals surface area contributed by atoms with Crippen molar-refractivity contribution in [1.82, 2.24) is 5.32 Å². The van der Waals surface area contributed by atoms with Crippen LogP contribution in [0.5, 0.6) is 0 Å². The zero-order valence-corrected chi connectivity index (χ0v) is 8.32. The molecule has 0 aromatic carbocycles. The Morgan fingerprint density at radius 1 is 1.00 bits per heavy atom. The Bertz CT molecular complexity index is 284. The lowest BCUT2D eigenvalue weighted by molar-refractivity contribution is -0.153. The van der Waals surface area contributed by atoms with Gasteiger partial charge in [0.25, 0.3) is 0 Å². The molecule has 0 spiro atoms. The molecular weight excluding hydrogens is 178 g/mol. The Labute approximate surface area is 83.2 Å². The van der Waals surface area contributed by atoms with Crippen LogP contribution in [0.25, 0.3) is 0 Å². The third kappa shape index (κ3) is 0.862. The van der Waals surface area contributed by atoms with Crippen LogP contribution in [0.2, 0.25) is 0 Å². The van der Waals surface area contributed by atoms with Crippen molar-refractivity contribution in [2.45, 2.75) is 25.3 Å². The number of carbonyl (C=O) groups excluding carboxylic acids is 2. The Morgan fingerprint density at radius 2 is 1.50 bits per heavy atom. The van der Waals surface area contributed by atoms with E-state index in [0.29, 0.717) is 11.6 Å². The summed E-state index contributed by atoms with van der Waals surface area (Å²) in [5.74, 6) is 1.55. The number of nitrogens with one attached hydrogen (secondary N) is 1. The molecule has 4 unspecified atom stereocenters. The average molecular weight is 193 g/mol. The van der Waals surface area contributed by atoms with Gasteiger partial charge in [-0.1, -0.05) is 0 Å². The molecule has 0 saturated heterocycles. The summed E-state index contributed by atoms with van der Waals surface area (Å²) in [6, 6.07) is 0.141. The summed E-state index contributed by atoms with van der Waals surface area (Å²) >= 11 is 0. The van der Waals surface area contributed by atoms with Crippen molar-refractivity contribution in [3.63, 3.8) is 0 Å². The van der Waals surface area contributed by atoms with Crippen LogP contribution in [-0.4, -0.2) is 24.7 Å². The molecule has 1 N–H and O–H groups in total. The Balaban J connectivity index is 2.00. The van der Waals surface area contributed by atoms with Crippen molar-refractivity contribution in [2.75, 3.05) is 7.05 Å². The molecule has 4 atom stereocenters. The quantitative estimate of drug-likeness (QED) is 0.655. The number of hydrogen-bond acceptors (Lipinski definition) is 3. The van der Waals surface area contributed by atoms with Gasteiger partial charge in [0.2, 0.25) is 0 Å². The second-order valence-corrected chi connectivity index (χ2v) is 4.93. The number of rotatable bonds is 1. The van der Waals surface area contributed by atoms with Crippen molar-refractivity contribution in [3.05, 3.63) is 0 Å². The van der Waals surface area contributed by atoms with E-state index in [9.17, 15) is 9.59 Å². The second kappa shape index (κ2) is 2.66. The van der Waals surface area contributed by atoms with Crippen LogP contribution < -0.4 is 5.32 Å². The summed E-state index contributed by atoms with van der Waals surface area (Å²) in [7, 11) is 1.87. The monoisotopic (exact) mass is 193 g/mol. The largest absolute Gasteiger partial charge is 0.316 e. The molecule has 4 rings (SSSR count). The molecule has 4 saturated carbocycles. The van der Waals surface area contributed by atoms with E-state index in [4.69, 9.17) is 0 Å². The van der Waals surface area contributed by atoms with E-state index < -0.39 is 0 Å². The van der Waals surface area contributed by atoms with Crippen molar-refractivity contribution < 1.29 is 9.59 Å². The van der Waals surface area contributed by atoms with Crippen LogP contribution in [0.4, 0.5) is 0 Å². The van der Waals surface area contributed by atoms with Gasteiger partial charge in [0.1, 0.15) is 11.6 Å². The van der Waals surface area contributed by atoms with Crippen molar-refractivity contribution in [3.8, 4) is 0 Å². The molecule has 3 nitrogen and oxygen atoms in total. The minimum atomic E-state index is 0.139. The van der Waals surface area contributed by atoms with Gasteiger partial charge in [-0.15, -0.1) is 0 Å². The van der Waals surface area contributed by atoms with E-state index in [1.54, 1.807) is 0 Å². The Kier molecular flexibility index (Phi) is 1.63. The highest BCUT2D eigenvalue weighted by atomic mass is 16.1. The fraction of sp³-hybridized carbons (Fsp3) is 0.818. The molecule has 0 heterocycles. The number of Topliss-reactive ketones (excluding diaryl/α,β-unsaturated/α-hetero) is 2. The van der Waals surface area contributed by atoms with Crippen molar-refractivity contribution in [1.29, 1.82) is 0 Å². The van der Waals surface area contributed by atoms with Crippen molar-refractivity contribution in [2.24, 2.45) is 23.7 Å². The molecule has 4 aliphatic carbocycles. The summed E-state index contributed by atoms with van der Waals surface area (Å²) in [6.45, 7) is 0. The maximum Gasteiger partial charge on any atom is 0.140 e. The van der Waals surface area contributed by atoms with Gasteiger partial charge < -0.3 is 5.32 Å². The third-order valence-electron chi connectivity index (χ3n) is 4.38. The lowest BCUT2D eigenvalue weighted by atomic mass is 9.53. The van der Waals surface area contributed by atoms with Gasteiger partial charge in [-0.3, -0.25) is 9.59 Å². The van der Waals surface area contributed by atoms with E-state index in [2.05, 4.69) is 5.32 Å². The highest BCUT2D eigenvalue weighted by Gasteiger charge is 2.56. The molecule has 0 amide bonds. The summed E-state index contributed by atoms with van der Waals surface area (Å²) in [4.78, 5) is 23.8. The molecule has 3 heteroatoms. The molecule has 4 bridgehead atoms. The normalized spacial score (nSPS) is 50.2. The van der Waals surface area contributed by atoms with E-state index in [1.807, 2.05) is 7.05 Å². The molecule has 0 aliphatic heterocycles. The Hall–Kier alpha value is -0.700. The molecule has 4 fully saturated rings. The fourth-order valence-corrected chi connectivity index (χ4v) is 3.78. The van der Waals surface area contributed by atoms with Gasteiger partial charge in [-0.05, 0) is 26.3 Å². The minimum absolute atomic E-state index is 0.139. The predicted octanol–water partition coefficient (Wildman–Crippen LogP) is 0.388. The first-order chi connectivity index (χ1) is 6.72. The average Bonchev–Trinajstić information content (AvgIpc) is 2.16. The first-order valence-electron chi connectivity index (χ1n) is 5.47. The van der Waals surface area contributed by atoms with E-state index in [1.165, 1.54) is 0 Å². The molecule has 76 valence electrons. The Morgan fingerprint density at radius 3 is 1.93 bits per heavy atom. The predicted molar refractivity (Wildman–Crippen MR) is 50.7 cm³/mol. The van der Waals surface area contributed by atoms with Crippen LogP contribution in [0.3, 0.4) is 0 Å². The van der Waals surface area contributed by atoms with E-state index in [-0.39, 0.29) is 29.7 Å². The van der Waals surface area contributed by atoms with Crippen LogP contribution in [-0.2, 0) is 9.59 Å². The zero-order valence-electron chi connectivity index (χ0n) is 8.32. The lowest BCUT2D eigenvalue weighted by Crippen LogP contribution is -2.62. The number of hydrogen-bond donors (Lipinski definition) is 1. The molecule has 0 aromatic heterocycles. The van der Waals surface area contributed by atoms with Gasteiger partial charge >= 0.3 is 0 Å². The highest BCUT2D eigenvalue weighted by Crippen LogP contribution is 2.49. The summed E-state index contributed by atoms with van der Waals surface area (Å²) in [5.41, 5.74) is 0. The first-order valence-corrected chi connectivity index (χ1v) is 5.47. The summed E-state index contributed by atoms with van der Waals surface area (Å²) < 4.78 is 0. The maximum atomic E-state index is 11.9. The maximum absolute atomic E-state index is 11.9. The SMILES string of the molecule is CNC1C2CC3CC(CC1C3=O)C2=O. The molecule has 0 aromatic rings. The van der Waals surface area contributed by atoms with Gasteiger partial charge in [-0.2, -0.15) is 0 Å². The van der Waals surface area contributed by atoms with E-state index >= 15 is 0 Å². The van der Waals surface area contributed by atoms with Gasteiger partial charge in [0.05, 0.1) is 0 Å². The fourth-order valence-electron chi connectivity index (χ4n) is 3.78. The van der Waals surface area contributed by atoms with Crippen LogP contribution in [0, 0.1) is 23.7 Å². The van der Waals surface area contributed by atoms with Gasteiger partial charge in [-0.25, -0.2) is 0 Å². The van der Waals surface area contributed by atoms with Crippen molar-refractivity contribution >= 4 is 11.6 Å². The lowest BCUT2D eigenvalue weighted by Gasteiger charge is -2.51. The highest BCUT2D eigenvalue weighted by molar-refractivity contribution is 5.96. The smallest absolute Gasteiger partial charge is 0.140 e. The number of ketones is 2. The van der Waals surface area contributed by atoms with Gasteiger partial charge in [0.15, 0.2) is 0 Å². The second-order valence-electron chi connectivity index (χ2n) is 4.93. The minimum Gasteiger partial charge on any atom is -0.316 e. The van der Waals surface area contributed by atoms with Gasteiger partial charge in [0, 0.05) is 29.7 Å². The standard InChI is InChI=1S/C11H15NO2/c1-12-9-7-3-5-2-6(11(7)14)4-8(9)10(5)13/h5-9,12H,2-4H2,1H3. The van der Waals surface area contributed by atoms with E-state index in [0.717, 1.165) is 19.3 Å². The third-order valence-corrected chi connectivity index (χ3v) is 4.38. The topological polar surface area (TPSA) is 46.2 Å². The molecule has 14 heavy (non-hydrogen) atoms. The van der Waals surface area contributed by atoms with Crippen LogP contribution in [0.1, 0.15) is 19.3 Å². The summed E-state index contributed by atoms with van der Waals surface area (Å²) in [5, 5.41) is 3.17. The first kappa shape index (κ1) is 8.60. The zero-order chi connectivity index (χ0) is 9.87. The molecule has 0 radical (unpaired) electrons. The van der Waals surface area contributed by atoms with Crippen LogP contribution in [0.15, 0.2) is 0 Å². The summed E-state index contributed by atoms with van der Waals surface area (Å²) in [6.07, 6.45) is 2.48. The molecule has 4 aliphatic rings. The van der Waals surface area contributed by atoms with Crippen LogP contribution >= 0.6 is 0 Å². The molecular formula is C11H15NO2. The number of carbonyl (C=O) groups is 2.